The number of ketones is 2. The Morgan fingerprint density at radius 3 is 1.85 bits per heavy atom. The molecule has 2 aromatic rings. The van der Waals surface area contributed by atoms with Crippen molar-refractivity contribution < 1.29 is 9.59 Å². The fourth-order valence-corrected chi connectivity index (χ4v) is 2.60. The van der Waals surface area contributed by atoms with Crippen LogP contribution in [0.2, 0.25) is 0 Å². The standard InChI is InChI=1S/C17H17O2S/c1-20(2)12-16(18)13-8-10-15(11-9-13)17(19)14-6-4-3-5-7-14/h3-11H,12H2,1-2H3/q+1. The summed E-state index contributed by atoms with van der Waals surface area (Å²) in [6.07, 6.45) is 4.09. The number of benzene rings is 2. The molecular formula is C17H17O2S+. The van der Waals surface area contributed by atoms with E-state index in [4.69, 9.17) is 0 Å². The van der Waals surface area contributed by atoms with Gasteiger partial charge in [-0.1, -0.05) is 54.6 Å². The first-order valence-electron chi connectivity index (χ1n) is 6.35. The summed E-state index contributed by atoms with van der Waals surface area (Å²) in [6, 6.07) is 16.1. The van der Waals surface area contributed by atoms with Crippen molar-refractivity contribution in [3.63, 3.8) is 0 Å². The van der Waals surface area contributed by atoms with Crippen LogP contribution in [0.4, 0.5) is 0 Å². The van der Waals surface area contributed by atoms with Crippen LogP contribution < -0.4 is 0 Å². The molecule has 0 aliphatic heterocycles. The molecule has 0 amide bonds. The van der Waals surface area contributed by atoms with Gasteiger partial charge in [-0.05, 0) is 10.9 Å². The molecule has 0 heterocycles. The van der Waals surface area contributed by atoms with Gasteiger partial charge in [-0.25, -0.2) is 0 Å². The van der Waals surface area contributed by atoms with Crippen molar-refractivity contribution in [3.8, 4) is 0 Å². The van der Waals surface area contributed by atoms with Crippen LogP contribution in [0.25, 0.3) is 0 Å². The highest BCUT2D eigenvalue weighted by molar-refractivity contribution is 7.96. The molecule has 0 saturated heterocycles. The maximum atomic E-state index is 12.2. The van der Waals surface area contributed by atoms with Gasteiger partial charge in [0.25, 0.3) is 0 Å². The number of carbonyl (C=O) groups excluding carboxylic acids is 2. The molecule has 3 heteroatoms. The van der Waals surface area contributed by atoms with Crippen molar-refractivity contribution in [1.82, 2.24) is 0 Å². The molecule has 0 bridgehead atoms. The lowest BCUT2D eigenvalue weighted by Gasteiger charge is -2.03. The predicted octanol–water partition coefficient (Wildman–Crippen LogP) is 2.98. The van der Waals surface area contributed by atoms with Gasteiger partial charge in [0.05, 0.1) is 12.5 Å². The lowest BCUT2D eigenvalue weighted by molar-refractivity contribution is 0.101. The molecule has 0 fully saturated rings. The van der Waals surface area contributed by atoms with Crippen molar-refractivity contribution in [2.75, 3.05) is 18.3 Å². The Kier molecular flexibility index (Phi) is 4.74. The number of hydrogen-bond donors (Lipinski definition) is 0. The molecule has 2 rings (SSSR count). The van der Waals surface area contributed by atoms with Gasteiger partial charge in [-0.3, -0.25) is 9.59 Å². The molecule has 20 heavy (non-hydrogen) atoms. The maximum Gasteiger partial charge on any atom is 0.211 e. The van der Waals surface area contributed by atoms with Gasteiger partial charge in [0.1, 0.15) is 0 Å². The first-order valence-corrected chi connectivity index (χ1v) is 8.56. The second kappa shape index (κ2) is 6.53. The summed E-state index contributed by atoms with van der Waals surface area (Å²) >= 11 is 0. The summed E-state index contributed by atoms with van der Waals surface area (Å²) in [5.74, 6) is 0.679. The smallest absolute Gasteiger partial charge is 0.211 e. The Bertz CT molecular complexity index is 601. The van der Waals surface area contributed by atoms with Crippen LogP contribution >= 0.6 is 0 Å². The average molecular weight is 285 g/mol. The fourth-order valence-electron chi connectivity index (χ4n) is 1.91. The van der Waals surface area contributed by atoms with Crippen molar-refractivity contribution in [2.24, 2.45) is 0 Å². The first kappa shape index (κ1) is 14.5. The molecular weight excluding hydrogens is 268 g/mol. The zero-order valence-corrected chi connectivity index (χ0v) is 12.4. The summed E-state index contributed by atoms with van der Waals surface area (Å²) in [7, 11) is 0.0935. The van der Waals surface area contributed by atoms with E-state index in [1.807, 2.05) is 30.7 Å². The van der Waals surface area contributed by atoms with Crippen LogP contribution in [0.5, 0.6) is 0 Å². The average Bonchev–Trinajstić information content (AvgIpc) is 2.47. The molecule has 0 spiro atoms. The Balaban J connectivity index is 2.16. The van der Waals surface area contributed by atoms with Crippen LogP contribution in [0.15, 0.2) is 54.6 Å². The molecule has 0 radical (unpaired) electrons. The van der Waals surface area contributed by atoms with Crippen molar-refractivity contribution >= 4 is 22.5 Å². The maximum absolute atomic E-state index is 12.2. The Hall–Kier alpha value is -1.87. The van der Waals surface area contributed by atoms with Gasteiger partial charge in [-0.15, -0.1) is 0 Å². The zero-order valence-electron chi connectivity index (χ0n) is 11.6. The Morgan fingerprint density at radius 2 is 1.30 bits per heavy atom. The molecule has 2 nitrogen and oxygen atoms in total. The van der Waals surface area contributed by atoms with E-state index in [1.54, 1.807) is 36.4 Å². The van der Waals surface area contributed by atoms with Crippen molar-refractivity contribution in [3.05, 3.63) is 71.3 Å². The molecule has 0 atom stereocenters. The zero-order chi connectivity index (χ0) is 14.5. The van der Waals surface area contributed by atoms with E-state index >= 15 is 0 Å². The Morgan fingerprint density at radius 1 is 0.800 bits per heavy atom. The van der Waals surface area contributed by atoms with E-state index in [0.717, 1.165) is 0 Å². The van der Waals surface area contributed by atoms with E-state index in [-0.39, 0.29) is 22.5 Å². The van der Waals surface area contributed by atoms with Gasteiger partial charge in [0.2, 0.25) is 5.78 Å². The number of carbonyl (C=O) groups is 2. The highest BCUT2D eigenvalue weighted by atomic mass is 32.2. The van der Waals surface area contributed by atoms with Crippen LogP contribution in [0, 0.1) is 0 Å². The third-order valence-corrected chi connectivity index (χ3v) is 3.76. The summed E-state index contributed by atoms with van der Waals surface area (Å²) in [5, 5.41) is 0. The largest absolute Gasteiger partial charge is 0.289 e. The minimum absolute atomic E-state index is 0.0182. The van der Waals surface area contributed by atoms with Crippen molar-refractivity contribution in [2.45, 2.75) is 0 Å². The minimum Gasteiger partial charge on any atom is -0.289 e. The lowest BCUT2D eigenvalue weighted by Crippen LogP contribution is -2.14. The summed E-state index contributed by atoms with van der Waals surface area (Å²) in [4.78, 5) is 24.1. The predicted molar refractivity (Wildman–Crippen MR) is 84.7 cm³/mol. The van der Waals surface area contributed by atoms with Gasteiger partial charge in [0, 0.05) is 16.7 Å². The molecule has 0 aliphatic carbocycles. The second-order valence-corrected chi connectivity index (χ2v) is 7.09. The van der Waals surface area contributed by atoms with Gasteiger partial charge < -0.3 is 0 Å². The molecule has 0 unspecified atom stereocenters. The summed E-state index contributed by atoms with van der Waals surface area (Å²) in [6.45, 7) is 0. The molecule has 2 aromatic carbocycles. The van der Waals surface area contributed by atoms with Crippen LogP contribution in [-0.4, -0.2) is 29.8 Å². The van der Waals surface area contributed by atoms with E-state index in [9.17, 15) is 9.59 Å². The quantitative estimate of drug-likeness (QED) is 0.625. The van der Waals surface area contributed by atoms with E-state index < -0.39 is 0 Å². The van der Waals surface area contributed by atoms with Crippen molar-refractivity contribution in [1.29, 1.82) is 0 Å². The highest BCUT2D eigenvalue weighted by Gasteiger charge is 2.15. The van der Waals surface area contributed by atoms with Gasteiger partial charge in [-0.2, -0.15) is 0 Å². The molecule has 0 N–H and O–H groups in total. The molecule has 0 saturated carbocycles. The number of Topliss-reactive ketones (excluding diaryl/α,β-unsaturated/α-hetero) is 1. The number of hydrogen-bond acceptors (Lipinski definition) is 2. The van der Waals surface area contributed by atoms with Gasteiger partial charge in [0.15, 0.2) is 11.5 Å². The number of rotatable bonds is 5. The van der Waals surface area contributed by atoms with E-state index in [0.29, 0.717) is 22.4 Å². The van der Waals surface area contributed by atoms with E-state index in [2.05, 4.69) is 0 Å². The van der Waals surface area contributed by atoms with E-state index in [1.165, 1.54) is 0 Å². The van der Waals surface area contributed by atoms with Crippen LogP contribution in [0.3, 0.4) is 0 Å². The first-order chi connectivity index (χ1) is 9.58. The van der Waals surface area contributed by atoms with Crippen LogP contribution in [-0.2, 0) is 10.9 Å². The normalized spacial score (nSPS) is 10.6. The molecule has 102 valence electrons. The van der Waals surface area contributed by atoms with Crippen LogP contribution in [0.1, 0.15) is 26.3 Å². The molecule has 0 aromatic heterocycles. The SMILES string of the molecule is C[S+](C)CC(=O)c1ccc(C(=O)c2ccccc2)cc1. The highest BCUT2D eigenvalue weighted by Crippen LogP contribution is 2.12. The fraction of sp³-hybridized carbons (Fsp3) is 0.176. The monoisotopic (exact) mass is 285 g/mol. The Labute approximate surface area is 122 Å². The topological polar surface area (TPSA) is 34.1 Å². The third-order valence-electron chi connectivity index (χ3n) is 2.92. The minimum atomic E-state index is -0.0182. The third kappa shape index (κ3) is 3.58. The summed E-state index contributed by atoms with van der Waals surface area (Å²) < 4.78 is 0. The lowest BCUT2D eigenvalue weighted by atomic mass is 10.0. The molecule has 0 aliphatic rings. The summed E-state index contributed by atoms with van der Waals surface area (Å²) in [5.41, 5.74) is 1.95. The second-order valence-electron chi connectivity index (χ2n) is 4.83. The van der Waals surface area contributed by atoms with Gasteiger partial charge >= 0.3 is 0 Å².